The normalized spacial score (nSPS) is 10.2. The second-order valence-corrected chi connectivity index (χ2v) is 3.35. The molecule has 0 saturated heterocycles. The van der Waals surface area contributed by atoms with Crippen molar-refractivity contribution in [3.63, 3.8) is 0 Å². The number of nitrogens with zero attached hydrogens (tertiary/aromatic N) is 1. The van der Waals surface area contributed by atoms with Crippen LogP contribution in [0.15, 0.2) is 41.0 Å². The van der Waals surface area contributed by atoms with Crippen LogP contribution in [0.5, 0.6) is 5.75 Å². The number of hydrogen-bond donors (Lipinski definition) is 0. The summed E-state index contributed by atoms with van der Waals surface area (Å²) in [4.78, 5) is 10.5. The predicted molar refractivity (Wildman–Crippen MR) is 62.0 cm³/mol. The van der Waals surface area contributed by atoms with Crippen LogP contribution in [0, 0.1) is 10.1 Å². The Morgan fingerprint density at radius 2 is 2.24 bits per heavy atom. The van der Waals surface area contributed by atoms with E-state index in [1.54, 1.807) is 31.2 Å². The fourth-order valence-electron chi connectivity index (χ4n) is 1.53. The second-order valence-electron chi connectivity index (χ2n) is 3.35. The minimum atomic E-state index is -0.461. The first-order valence-corrected chi connectivity index (χ1v) is 5.17. The molecule has 0 fully saturated rings. The Balaban J connectivity index is 2.45. The molecule has 0 aliphatic carbocycles. The van der Waals surface area contributed by atoms with Crippen LogP contribution in [0.4, 0.5) is 5.69 Å². The van der Waals surface area contributed by atoms with Gasteiger partial charge < -0.3 is 9.15 Å². The standard InChI is InChI=1S/C12H11NO4/c1-2-16-12-6-5-9(8-10(12)13(14)15)11-4-3-7-17-11/h3-8H,2H2,1H3. The third-order valence-corrected chi connectivity index (χ3v) is 2.26. The van der Waals surface area contributed by atoms with E-state index >= 15 is 0 Å². The van der Waals surface area contributed by atoms with Crippen LogP contribution in [0.3, 0.4) is 0 Å². The van der Waals surface area contributed by atoms with E-state index in [0.29, 0.717) is 17.9 Å². The molecule has 1 aromatic heterocycles. The Labute approximate surface area is 97.8 Å². The summed E-state index contributed by atoms with van der Waals surface area (Å²) in [6, 6.07) is 8.25. The van der Waals surface area contributed by atoms with Crippen molar-refractivity contribution in [2.45, 2.75) is 6.92 Å². The monoisotopic (exact) mass is 233 g/mol. The molecule has 1 heterocycles. The molecule has 0 radical (unpaired) electrons. The fourth-order valence-corrected chi connectivity index (χ4v) is 1.53. The first-order chi connectivity index (χ1) is 8.22. The average molecular weight is 233 g/mol. The van der Waals surface area contributed by atoms with E-state index in [9.17, 15) is 10.1 Å². The highest BCUT2D eigenvalue weighted by Gasteiger charge is 2.16. The largest absolute Gasteiger partial charge is 0.487 e. The van der Waals surface area contributed by atoms with Gasteiger partial charge in [0.25, 0.3) is 0 Å². The van der Waals surface area contributed by atoms with Gasteiger partial charge in [0, 0.05) is 11.6 Å². The molecular weight excluding hydrogens is 222 g/mol. The zero-order valence-corrected chi connectivity index (χ0v) is 9.25. The molecule has 5 nitrogen and oxygen atoms in total. The van der Waals surface area contributed by atoms with Crippen LogP contribution in [0.25, 0.3) is 11.3 Å². The number of furan rings is 1. The van der Waals surface area contributed by atoms with Gasteiger partial charge in [-0.3, -0.25) is 10.1 Å². The van der Waals surface area contributed by atoms with E-state index in [1.807, 2.05) is 0 Å². The molecule has 0 amide bonds. The molecule has 0 aliphatic rings. The molecule has 0 bridgehead atoms. The molecule has 1 aromatic carbocycles. The highest BCUT2D eigenvalue weighted by molar-refractivity contribution is 5.64. The Bertz CT molecular complexity index is 519. The van der Waals surface area contributed by atoms with E-state index in [-0.39, 0.29) is 11.4 Å². The van der Waals surface area contributed by atoms with Gasteiger partial charge in [-0.25, -0.2) is 0 Å². The van der Waals surface area contributed by atoms with E-state index in [1.165, 1.54) is 12.3 Å². The Kier molecular flexibility index (Phi) is 3.09. The van der Waals surface area contributed by atoms with Gasteiger partial charge in [0.15, 0.2) is 5.75 Å². The molecule has 0 N–H and O–H groups in total. The fraction of sp³-hybridized carbons (Fsp3) is 0.167. The van der Waals surface area contributed by atoms with Crippen molar-refractivity contribution in [1.82, 2.24) is 0 Å². The van der Waals surface area contributed by atoms with Crippen molar-refractivity contribution in [3.8, 4) is 17.1 Å². The van der Waals surface area contributed by atoms with E-state index in [0.717, 1.165) is 0 Å². The van der Waals surface area contributed by atoms with Crippen LogP contribution in [0.1, 0.15) is 6.92 Å². The van der Waals surface area contributed by atoms with Gasteiger partial charge >= 0.3 is 5.69 Å². The third-order valence-electron chi connectivity index (χ3n) is 2.26. The van der Waals surface area contributed by atoms with Crippen LogP contribution >= 0.6 is 0 Å². The summed E-state index contributed by atoms with van der Waals surface area (Å²) in [5, 5.41) is 10.9. The topological polar surface area (TPSA) is 65.5 Å². The number of nitro groups is 1. The molecule has 0 unspecified atom stereocenters. The van der Waals surface area contributed by atoms with Gasteiger partial charge in [-0.1, -0.05) is 0 Å². The lowest BCUT2D eigenvalue weighted by atomic mass is 10.1. The van der Waals surface area contributed by atoms with Crippen molar-refractivity contribution < 1.29 is 14.1 Å². The molecule has 17 heavy (non-hydrogen) atoms. The Morgan fingerprint density at radius 1 is 1.41 bits per heavy atom. The zero-order valence-electron chi connectivity index (χ0n) is 9.25. The van der Waals surface area contributed by atoms with E-state index in [4.69, 9.17) is 9.15 Å². The molecule has 0 saturated carbocycles. The second kappa shape index (κ2) is 4.69. The van der Waals surface area contributed by atoms with Gasteiger partial charge in [-0.2, -0.15) is 0 Å². The third kappa shape index (κ3) is 2.28. The van der Waals surface area contributed by atoms with E-state index < -0.39 is 4.92 Å². The van der Waals surface area contributed by atoms with Gasteiger partial charge in [0.2, 0.25) is 0 Å². The first kappa shape index (κ1) is 11.2. The number of nitro benzene ring substituents is 1. The smallest absolute Gasteiger partial charge is 0.311 e. The van der Waals surface area contributed by atoms with Crippen molar-refractivity contribution in [1.29, 1.82) is 0 Å². The minimum absolute atomic E-state index is 0.0549. The van der Waals surface area contributed by atoms with Gasteiger partial charge in [-0.15, -0.1) is 0 Å². The summed E-state index contributed by atoms with van der Waals surface area (Å²) >= 11 is 0. The first-order valence-electron chi connectivity index (χ1n) is 5.17. The summed E-state index contributed by atoms with van der Waals surface area (Å²) < 4.78 is 10.4. The number of hydrogen-bond acceptors (Lipinski definition) is 4. The lowest BCUT2D eigenvalue weighted by molar-refractivity contribution is -0.385. The molecule has 0 atom stereocenters. The van der Waals surface area contributed by atoms with Crippen LogP contribution in [-0.2, 0) is 0 Å². The number of benzene rings is 1. The summed E-state index contributed by atoms with van der Waals surface area (Å²) in [5.41, 5.74) is 0.603. The minimum Gasteiger partial charge on any atom is -0.487 e. The van der Waals surface area contributed by atoms with Crippen LogP contribution in [-0.4, -0.2) is 11.5 Å². The van der Waals surface area contributed by atoms with E-state index in [2.05, 4.69) is 0 Å². The Morgan fingerprint density at radius 3 is 2.82 bits per heavy atom. The summed E-state index contributed by atoms with van der Waals surface area (Å²) in [6.45, 7) is 2.17. The maximum absolute atomic E-state index is 10.9. The summed E-state index contributed by atoms with van der Waals surface area (Å²) in [6.07, 6.45) is 1.53. The van der Waals surface area contributed by atoms with Gasteiger partial charge in [0.05, 0.1) is 17.8 Å². The van der Waals surface area contributed by atoms with Crippen molar-refractivity contribution >= 4 is 5.69 Å². The highest BCUT2D eigenvalue weighted by Crippen LogP contribution is 2.32. The molecule has 0 spiro atoms. The lowest BCUT2D eigenvalue weighted by Gasteiger charge is -2.05. The molecule has 2 aromatic rings. The van der Waals surface area contributed by atoms with Gasteiger partial charge in [0.1, 0.15) is 5.76 Å². The molecular formula is C12H11NO4. The SMILES string of the molecule is CCOc1ccc(-c2ccco2)cc1[N+](=O)[O-]. The van der Waals surface area contributed by atoms with Crippen molar-refractivity contribution in [2.75, 3.05) is 6.61 Å². The van der Waals surface area contributed by atoms with Crippen LogP contribution in [0.2, 0.25) is 0 Å². The highest BCUT2D eigenvalue weighted by atomic mass is 16.6. The molecule has 0 aliphatic heterocycles. The van der Waals surface area contributed by atoms with Crippen LogP contribution < -0.4 is 4.74 Å². The molecule has 88 valence electrons. The lowest BCUT2D eigenvalue weighted by Crippen LogP contribution is -1.97. The maximum Gasteiger partial charge on any atom is 0.311 e. The predicted octanol–water partition coefficient (Wildman–Crippen LogP) is 3.25. The Hall–Kier alpha value is -2.30. The van der Waals surface area contributed by atoms with Crippen molar-refractivity contribution in [3.05, 3.63) is 46.7 Å². The van der Waals surface area contributed by atoms with Crippen molar-refractivity contribution in [2.24, 2.45) is 0 Å². The maximum atomic E-state index is 10.9. The zero-order chi connectivity index (χ0) is 12.3. The molecule has 2 rings (SSSR count). The summed E-state index contributed by atoms with van der Waals surface area (Å²) in [7, 11) is 0. The van der Waals surface area contributed by atoms with Gasteiger partial charge in [-0.05, 0) is 31.2 Å². The quantitative estimate of drug-likeness (QED) is 0.600. The summed E-state index contributed by atoms with van der Waals surface area (Å²) in [5.74, 6) is 0.865. The number of rotatable bonds is 4. The number of ether oxygens (including phenoxy) is 1. The average Bonchev–Trinajstić information content (AvgIpc) is 2.83. The molecule has 5 heteroatoms.